The van der Waals surface area contributed by atoms with Crippen LogP contribution in [0.2, 0.25) is 0 Å². The smallest absolute Gasteiger partial charge is 0.162 e. The molecule has 2 aromatic rings. The highest BCUT2D eigenvalue weighted by atomic mass is 79.9. The Morgan fingerprint density at radius 1 is 1.24 bits per heavy atom. The van der Waals surface area contributed by atoms with Crippen LogP contribution in [0, 0.1) is 11.6 Å². The van der Waals surface area contributed by atoms with Gasteiger partial charge in [-0.25, -0.2) is 8.78 Å². The maximum atomic E-state index is 13.8. The molecule has 0 spiro atoms. The van der Waals surface area contributed by atoms with Crippen molar-refractivity contribution in [2.45, 2.75) is 25.8 Å². The van der Waals surface area contributed by atoms with Crippen LogP contribution in [0.5, 0.6) is 0 Å². The highest BCUT2D eigenvalue weighted by molar-refractivity contribution is 9.10. The van der Waals surface area contributed by atoms with Crippen LogP contribution in [0.3, 0.4) is 0 Å². The van der Waals surface area contributed by atoms with Gasteiger partial charge in [-0.3, -0.25) is 4.98 Å². The molecule has 2 nitrogen and oxygen atoms in total. The number of benzene rings is 1. The maximum Gasteiger partial charge on any atom is 0.162 e. The number of nitrogens with zero attached hydrogens (tertiary/aromatic N) is 1. The van der Waals surface area contributed by atoms with Gasteiger partial charge in [0.2, 0.25) is 0 Å². The fourth-order valence-electron chi connectivity index (χ4n) is 2.12. The molecular formula is C16H17BrF2N2. The molecule has 112 valence electrons. The van der Waals surface area contributed by atoms with Crippen LogP contribution in [0.4, 0.5) is 8.78 Å². The van der Waals surface area contributed by atoms with Crippen LogP contribution in [-0.4, -0.2) is 11.5 Å². The van der Waals surface area contributed by atoms with Gasteiger partial charge in [0.05, 0.1) is 11.7 Å². The van der Waals surface area contributed by atoms with Crippen LogP contribution in [-0.2, 0) is 6.42 Å². The van der Waals surface area contributed by atoms with Crippen molar-refractivity contribution >= 4 is 15.9 Å². The third-order valence-corrected chi connectivity index (χ3v) is 3.67. The molecule has 1 aromatic carbocycles. The van der Waals surface area contributed by atoms with Crippen LogP contribution >= 0.6 is 15.9 Å². The van der Waals surface area contributed by atoms with E-state index < -0.39 is 11.6 Å². The summed E-state index contributed by atoms with van der Waals surface area (Å²) in [6.45, 7) is 2.85. The zero-order valence-corrected chi connectivity index (χ0v) is 13.3. The molecule has 0 radical (unpaired) electrons. The van der Waals surface area contributed by atoms with E-state index in [2.05, 4.69) is 33.2 Å². The standard InChI is InChI=1S/C16H17BrF2N2/c1-2-8-20-15(14-7-6-12(17)10-21-14)9-11-4-3-5-13(18)16(11)19/h3-7,10,15,20H,2,8-9H2,1H3. The molecule has 1 N–H and O–H groups in total. The van der Waals surface area contributed by atoms with Gasteiger partial charge in [-0.05, 0) is 59.1 Å². The van der Waals surface area contributed by atoms with Crippen LogP contribution in [0.1, 0.15) is 30.6 Å². The van der Waals surface area contributed by atoms with Crippen molar-refractivity contribution in [2.24, 2.45) is 0 Å². The Balaban J connectivity index is 2.23. The molecule has 0 saturated heterocycles. The van der Waals surface area contributed by atoms with E-state index in [1.807, 2.05) is 12.1 Å². The van der Waals surface area contributed by atoms with Crippen LogP contribution in [0.25, 0.3) is 0 Å². The first-order valence-corrected chi connectivity index (χ1v) is 7.68. The van der Waals surface area contributed by atoms with E-state index >= 15 is 0 Å². The van der Waals surface area contributed by atoms with E-state index in [1.54, 1.807) is 12.3 Å². The van der Waals surface area contributed by atoms with Gasteiger partial charge >= 0.3 is 0 Å². The number of rotatable bonds is 6. The van der Waals surface area contributed by atoms with E-state index in [-0.39, 0.29) is 6.04 Å². The third kappa shape index (κ3) is 4.32. The predicted octanol–water partition coefficient (Wildman–Crippen LogP) is 4.41. The molecule has 1 atom stereocenters. The van der Waals surface area contributed by atoms with Gasteiger partial charge in [0.25, 0.3) is 0 Å². The lowest BCUT2D eigenvalue weighted by molar-refractivity contribution is 0.473. The van der Waals surface area contributed by atoms with E-state index in [1.165, 1.54) is 6.07 Å². The Kier molecular flexibility index (Phi) is 5.82. The minimum absolute atomic E-state index is 0.144. The number of halogens is 3. The van der Waals surface area contributed by atoms with Crippen molar-refractivity contribution < 1.29 is 8.78 Å². The predicted molar refractivity (Wildman–Crippen MR) is 83.0 cm³/mol. The van der Waals surface area contributed by atoms with Crippen molar-refractivity contribution in [3.8, 4) is 0 Å². The average molecular weight is 355 g/mol. The number of hydrogen-bond acceptors (Lipinski definition) is 2. The molecular weight excluding hydrogens is 338 g/mol. The molecule has 5 heteroatoms. The van der Waals surface area contributed by atoms with E-state index in [4.69, 9.17) is 0 Å². The second-order valence-electron chi connectivity index (χ2n) is 4.83. The molecule has 0 aliphatic heterocycles. The van der Waals surface area contributed by atoms with Crippen molar-refractivity contribution in [3.63, 3.8) is 0 Å². The zero-order valence-electron chi connectivity index (χ0n) is 11.7. The quantitative estimate of drug-likeness (QED) is 0.831. The summed E-state index contributed by atoms with van der Waals surface area (Å²) in [6, 6.07) is 7.90. The van der Waals surface area contributed by atoms with E-state index in [9.17, 15) is 8.78 Å². The lowest BCUT2D eigenvalue weighted by atomic mass is 10.0. The summed E-state index contributed by atoms with van der Waals surface area (Å²) in [5.74, 6) is -1.59. The molecule has 0 amide bonds. The Bertz CT molecular complexity index is 587. The van der Waals surface area contributed by atoms with Crippen molar-refractivity contribution in [1.82, 2.24) is 10.3 Å². The third-order valence-electron chi connectivity index (χ3n) is 3.20. The summed E-state index contributed by atoms with van der Waals surface area (Å²) in [6.07, 6.45) is 3.02. The van der Waals surface area contributed by atoms with Crippen LogP contribution in [0.15, 0.2) is 41.0 Å². The van der Waals surface area contributed by atoms with Gasteiger partial charge in [-0.2, -0.15) is 0 Å². The monoisotopic (exact) mass is 354 g/mol. The highest BCUT2D eigenvalue weighted by Gasteiger charge is 2.16. The van der Waals surface area contributed by atoms with E-state index in [0.717, 1.165) is 29.2 Å². The lowest BCUT2D eigenvalue weighted by Gasteiger charge is -2.18. The number of aromatic nitrogens is 1. The molecule has 2 rings (SSSR count). The largest absolute Gasteiger partial charge is 0.308 e. The Morgan fingerprint density at radius 3 is 2.71 bits per heavy atom. The number of pyridine rings is 1. The zero-order chi connectivity index (χ0) is 15.2. The fourth-order valence-corrected chi connectivity index (χ4v) is 2.35. The second kappa shape index (κ2) is 7.61. The van der Waals surface area contributed by atoms with Crippen molar-refractivity contribution in [3.05, 3.63) is 63.9 Å². The summed E-state index contributed by atoms with van der Waals surface area (Å²) < 4.78 is 28.0. The minimum Gasteiger partial charge on any atom is -0.308 e. The normalized spacial score (nSPS) is 12.4. The van der Waals surface area contributed by atoms with Gasteiger partial charge in [-0.1, -0.05) is 19.1 Å². The number of hydrogen-bond donors (Lipinski definition) is 1. The second-order valence-corrected chi connectivity index (χ2v) is 5.74. The molecule has 1 heterocycles. The fraction of sp³-hybridized carbons (Fsp3) is 0.312. The minimum atomic E-state index is -0.814. The van der Waals surface area contributed by atoms with Gasteiger partial charge in [-0.15, -0.1) is 0 Å². The molecule has 0 fully saturated rings. The van der Waals surface area contributed by atoms with Crippen molar-refractivity contribution in [1.29, 1.82) is 0 Å². The molecule has 0 aliphatic rings. The summed E-state index contributed by atoms with van der Waals surface area (Å²) in [7, 11) is 0. The topological polar surface area (TPSA) is 24.9 Å². The highest BCUT2D eigenvalue weighted by Crippen LogP contribution is 2.21. The first-order valence-electron chi connectivity index (χ1n) is 6.89. The molecule has 0 aliphatic carbocycles. The molecule has 0 saturated carbocycles. The SMILES string of the molecule is CCCNC(Cc1cccc(F)c1F)c1ccc(Br)cn1. The van der Waals surface area contributed by atoms with Gasteiger partial charge < -0.3 is 5.32 Å². The van der Waals surface area contributed by atoms with Gasteiger partial charge in [0.1, 0.15) is 0 Å². The molecule has 21 heavy (non-hydrogen) atoms. The van der Waals surface area contributed by atoms with Crippen molar-refractivity contribution in [2.75, 3.05) is 6.54 Å². The van der Waals surface area contributed by atoms with Gasteiger partial charge in [0, 0.05) is 10.7 Å². The summed E-state index contributed by atoms with van der Waals surface area (Å²) in [5, 5.41) is 3.33. The molecule has 0 bridgehead atoms. The maximum absolute atomic E-state index is 13.8. The Hall–Kier alpha value is -1.33. The summed E-state index contributed by atoms with van der Waals surface area (Å²) in [5.41, 5.74) is 1.17. The lowest BCUT2D eigenvalue weighted by Crippen LogP contribution is -2.25. The summed E-state index contributed by atoms with van der Waals surface area (Å²) >= 11 is 3.34. The average Bonchev–Trinajstić information content (AvgIpc) is 2.49. The number of nitrogens with one attached hydrogen (secondary N) is 1. The molecule has 1 unspecified atom stereocenters. The van der Waals surface area contributed by atoms with E-state index in [0.29, 0.717) is 12.0 Å². The first-order chi connectivity index (χ1) is 10.1. The molecule has 1 aromatic heterocycles. The summed E-state index contributed by atoms with van der Waals surface area (Å²) in [4.78, 5) is 4.35. The Morgan fingerprint density at radius 2 is 2.05 bits per heavy atom. The van der Waals surface area contributed by atoms with Crippen LogP contribution < -0.4 is 5.32 Å². The first kappa shape index (κ1) is 16.0. The Labute approximate surface area is 131 Å². The van der Waals surface area contributed by atoms with Gasteiger partial charge in [0.15, 0.2) is 11.6 Å².